The molecule has 0 radical (unpaired) electrons. The third-order valence-corrected chi connectivity index (χ3v) is 3.65. The molecule has 0 saturated heterocycles. The van der Waals surface area contributed by atoms with E-state index in [-0.39, 0.29) is 0 Å². The molecule has 0 aliphatic carbocycles. The molecule has 0 bridgehead atoms. The molecule has 7 heteroatoms. The van der Waals surface area contributed by atoms with E-state index in [0.29, 0.717) is 27.4 Å². The molecule has 106 valence electrons. The van der Waals surface area contributed by atoms with Crippen LogP contribution < -0.4 is 15.4 Å². The first-order valence-electron chi connectivity index (χ1n) is 5.69. The quantitative estimate of drug-likeness (QED) is 0.792. The minimum Gasteiger partial charge on any atom is -0.495 e. The second-order valence-electron chi connectivity index (χ2n) is 3.87. The first kappa shape index (κ1) is 15.2. The molecule has 0 amide bonds. The maximum Gasteiger partial charge on any atom is 0.151 e. The zero-order valence-electron chi connectivity index (χ0n) is 10.8. The summed E-state index contributed by atoms with van der Waals surface area (Å²) in [5.74, 6) is 1.73. The highest BCUT2D eigenvalue weighted by Gasteiger charge is 2.11. The minimum absolute atomic E-state index is 0.427. The van der Waals surface area contributed by atoms with E-state index in [0.717, 1.165) is 10.2 Å². The molecule has 0 spiro atoms. The highest BCUT2D eigenvalue weighted by Crippen LogP contribution is 2.35. The van der Waals surface area contributed by atoms with Crippen LogP contribution in [0.3, 0.4) is 0 Å². The molecular weight excluding hydrogens is 365 g/mol. The van der Waals surface area contributed by atoms with Crippen LogP contribution in [0.25, 0.3) is 0 Å². The molecule has 2 aromatic rings. The average Bonchev–Trinajstić information content (AvgIpc) is 2.42. The van der Waals surface area contributed by atoms with Crippen molar-refractivity contribution in [2.24, 2.45) is 0 Å². The largest absolute Gasteiger partial charge is 0.495 e. The van der Waals surface area contributed by atoms with Gasteiger partial charge >= 0.3 is 0 Å². The Balaban J connectivity index is 2.41. The molecule has 1 aromatic heterocycles. The molecule has 0 atom stereocenters. The molecule has 4 nitrogen and oxygen atoms in total. The Kier molecular flexibility index (Phi) is 4.96. The zero-order chi connectivity index (χ0) is 14.7. The summed E-state index contributed by atoms with van der Waals surface area (Å²) in [6.07, 6.45) is 0. The van der Waals surface area contributed by atoms with Crippen molar-refractivity contribution in [1.82, 2.24) is 4.98 Å². The van der Waals surface area contributed by atoms with Crippen LogP contribution in [-0.2, 0) is 0 Å². The normalized spacial score (nSPS) is 10.2. The fourth-order valence-electron chi connectivity index (χ4n) is 1.64. The van der Waals surface area contributed by atoms with E-state index in [1.807, 2.05) is 18.2 Å². The van der Waals surface area contributed by atoms with E-state index >= 15 is 0 Å². The summed E-state index contributed by atoms with van der Waals surface area (Å²) in [4.78, 5) is 4.33. The van der Waals surface area contributed by atoms with Crippen LogP contribution in [-0.4, -0.2) is 19.1 Å². The smallest absolute Gasteiger partial charge is 0.151 e. The van der Waals surface area contributed by atoms with Crippen LogP contribution >= 0.6 is 39.1 Å². The van der Waals surface area contributed by atoms with Crippen molar-refractivity contribution < 1.29 is 4.74 Å². The summed E-state index contributed by atoms with van der Waals surface area (Å²) in [5, 5.41) is 6.93. The number of anilines is 3. The number of nitrogens with one attached hydrogen (secondary N) is 2. The van der Waals surface area contributed by atoms with Crippen molar-refractivity contribution in [3.63, 3.8) is 0 Å². The van der Waals surface area contributed by atoms with Gasteiger partial charge < -0.3 is 15.4 Å². The number of aromatic nitrogens is 1. The van der Waals surface area contributed by atoms with Gasteiger partial charge in [0.1, 0.15) is 11.6 Å². The number of halogens is 3. The molecule has 0 fully saturated rings. The Morgan fingerprint density at radius 3 is 2.50 bits per heavy atom. The Labute approximate surface area is 135 Å². The summed E-state index contributed by atoms with van der Waals surface area (Å²) < 4.78 is 6.21. The summed E-state index contributed by atoms with van der Waals surface area (Å²) in [6, 6.07) is 7.24. The highest BCUT2D eigenvalue weighted by atomic mass is 79.9. The van der Waals surface area contributed by atoms with Gasteiger partial charge in [-0.25, -0.2) is 4.98 Å². The van der Waals surface area contributed by atoms with Crippen LogP contribution in [0.4, 0.5) is 17.3 Å². The molecule has 0 aliphatic heterocycles. The predicted octanol–water partition coefficient (Wildman–Crippen LogP) is 4.94. The summed E-state index contributed by atoms with van der Waals surface area (Å²) in [7, 11) is 3.34. The maximum atomic E-state index is 6.15. The number of hydrogen-bond acceptors (Lipinski definition) is 4. The Morgan fingerprint density at radius 1 is 1.15 bits per heavy atom. The third-order valence-electron chi connectivity index (χ3n) is 2.58. The van der Waals surface area contributed by atoms with Crippen LogP contribution in [0.2, 0.25) is 10.0 Å². The second-order valence-corrected chi connectivity index (χ2v) is 5.60. The Morgan fingerprint density at radius 2 is 1.85 bits per heavy atom. The van der Waals surface area contributed by atoms with Crippen LogP contribution in [0.5, 0.6) is 5.75 Å². The fraction of sp³-hybridized carbons (Fsp3) is 0.154. The lowest BCUT2D eigenvalue weighted by atomic mass is 10.3. The van der Waals surface area contributed by atoms with E-state index in [9.17, 15) is 0 Å². The third kappa shape index (κ3) is 3.29. The van der Waals surface area contributed by atoms with Crippen molar-refractivity contribution in [3.8, 4) is 5.75 Å². The number of pyridine rings is 1. The lowest BCUT2D eigenvalue weighted by Crippen LogP contribution is -2.01. The standard InChI is InChI=1S/C13H12BrCl2N3O/c1-17-12-8(15)6-9(16)13(19-12)18-10-5-7(14)3-4-11(10)20-2/h3-6H,1-2H3,(H2,17,18,19). The number of methoxy groups -OCH3 is 1. The van der Waals surface area contributed by atoms with Gasteiger partial charge in [-0.05, 0) is 24.3 Å². The van der Waals surface area contributed by atoms with Gasteiger partial charge in [-0.15, -0.1) is 0 Å². The van der Waals surface area contributed by atoms with Crippen molar-refractivity contribution in [2.45, 2.75) is 0 Å². The van der Waals surface area contributed by atoms with Crippen molar-refractivity contribution in [3.05, 3.63) is 38.8 Å². The monoisotopic (exact) mass is 375 g/mol. The maximum absolute atomic E-state index is 6.15. The van der Waals surface area contributed by atoms with Crippen LogP contribution in [0, 0.1) is 0 Å². The molecule has 20 heavy (non-hydrogen) atoms. The first-order chi connectivity index (χ1) is 9.55. The minimum atomic E-state index is 0.427. The lowest BCUT2D eigenvalue weighted by molar-refractivity contribution is 0.416. The number of rotatable bonds is 4. The average molecular weight is 377 g/mol. The number of benzene rings is 1. The molecule has 0 aliphatic rings. The first-order valence-corrected chi connectivity index (χ1v) is 7.24. The molecule has 0 unspecified atom stereocenters. The van der Waals surface area contributed by atoms with Crippen molar-refractivity contribution in [1.29, 1.82) is 0 Å². The van der Waals surface area contributed by atoms with E-state index in [4.69, 9.17) is 27.9 Å². The van der Waals surface area contributed by atoms with Gasteiger partial charge in [-0.3, -0.25) is 0 Å². The second kappa shape index (κ2) is 6.52. The molecular formula is C13H12BrCl2N3O. The van der Waals surface area contributed by atoms with E-state index in [2.05, 4.69) is 31.5 Å². The molecule has 1 heterocycles. The topological polar surface area (TPSA) is 46.2 Å². The van der Waals surface area contributed by atoms with Gasteiger partial charge in [0.25, 0.3) is 0 Å². The Hall–Kier alpha value is -1.17. The van der Waals surface area contributed by atoms with Crippen LogP contribution in [0.1, 0.15) is 0 Å². The zero-order valence-corrected chi connectivity index (χ0v) is 13.9. The summed E-state index contributed by atoms with van der Waals surface area (Å²) >= 11 is 15.6. The van der Waals surface area contributed by atoms with Gasteiger partial charge in [0, 0.05) is 11.5 Å². The van der Waals surface area contributed by atoms with Gasteiger partial charge in [-0.2, -0.15) is 0 Å². The summed E-state index contributed by atoms with van der Waals surface area (Å²) in [5.41, 5.74) is 0.751. The number of ether oxygens (including phenoxy) is 1. The van der Waals surface area contributed by atoms with Crippen molar-refractivity contribution in [2.75, 3.05) is 24.8 Å². The van der Waals surface area contributed by atoms with Gasteiger partial charge in [0.05, 0.1) is 22.8 Å². The fourth-order valence-corrected chi connectivity index (χ4v) is 2.50. The molecule has 2 N–H and O–H groups in total. The van der Waals surface area contributed by atoms with E-state index < -0.39 is 0 Å². The van der Waals surface area contributed by atoms with Gasteiger partial charge in [0.2, 0.25) is 0 Å². The molecule has 0 saturated carbocycles. The lowest BCUT2D eigenvalue weighted by Gasteiger charge is -2.13. The Bertz CT molecular complexity index is 637. The number of hydrogen-bond donors (Lipinski definition) is 2. The van der Waals surface area contributed by atoms with Gasteiger partial charge in [0.15, 0.2) is 5.82 Å². The van der Waals surface area contributed by atoms with Crippen LogP contribution in [0.15, 0.2) is 28.7 Å². The predicted molar refractivity (Wildman–Crippen MR) is 87.8 cm³/mol. The highest BCUT2D eigenvalue weighted by molar-refractivity contribution is 9.10. The molecule has 2 rings (SSSR count). The number of nitrogens with zero attached hydrogens (tertiary/aromatic N) is 1. The summed E-state index contributed by atoms with van der Waals surface area (Å²) in [6.45, 7) is 0. The molecule has 1 aromatic carbocycles. The van der Waals surface area contributed by atoms with E-state index in [1.165, 1.54) is 0 Å². The SMILES string of the molecule is CNc1nc(Nc2cc(Br)ccc2OC)c(Cl)cc1Cl. The van der Waals surface area contributed by atoms with Crippen molar-refractivity contribution >= 4 is 56.5 Å². The van der Waals surface area contributed by atoms with E-state index in [1.54, 1.807) is 20.2 Å². The van der Waals surface area contributed by atoms with Gasteiger partial charge in [-0.1, -0.05) is 39.1 Å².